The monoisotopic (exact) mass is 600 g/mol. The van der Waals surface area contributed by atoms with Crippen LogP contribution in [0.3, 0.4) is 0 Å². The van der Waals surface area contributed by atoms with Gasteiger partial charge in [0, 0.05) is 11.2 Å². The summed E-state index contributed by atoms with van der Waals surface area (Å²) in [5, 5.41) is 0. The Morgan fingerprint density at radius 2 is 1.23 bits per heavy atom. The largest absolute Gasteiger partial charge is 0.609 e. The van der Waals surface area contributed by atoms with E-state index in [-0.39, 0.29) is 6.61 Å². The molecule has 0 saturated carbocycles. The van der Waals surface area contributed by atoms with Crippen LogP contribution in [0.25, 0.3) is 0 Å². The number of carbonyl (C=O) groups excluding carboxylic acids is 2. The molecule has 0 radical (unpaired) electrons. The molecule has 1 heterocycles. The van der Waals surface area contributed by atoms with Gasteiger partial charge in [-0.25, -0.2) is 9.59 Å². The number of rotatable bonds is 10. The summed E-state index contributed by atoms with van der Waals surface area (Å²) in [5.74, 6) is -0.565. The fourth-order valence-corrected chi connectivity index (χ4v) is 6.20. The van der Waals surface area contributed by atoms with Gasteiger partial charge in [-0.2, -0.15) is 0 Å². The van der Waals surface area contributed by atoms with Crippen molar-refractivity contribution in [2.75, 3.05) is 7.11 Å². The lowest BCUT2D eigenvalue weighted by atomic mass is 9.99. The summed E-state index contributed by atoms with van der Waals surface area (Å²) in [6.07, 6.45) is -4.08. The molecule has 4 aromatic carbocycles. The third-order valence-corrected chi connectivity index (χ3v) is 8.56. The van der Waals surface area contributed by atoms with Gasteiger partial charge in [0.15, 0.2) is 23.2 Å². The summed E-state index contributed by atoms with van der Waals surface area (Å²) in [5.41, 5.74) is 0.392. The molecule has 4 aromatic rings. The zero-order valence-corrected chi connectivity index (χ0v) is 24.6. The third kappa shape index (κ3) is 7.44. The fraction of sp³-hybridized carbons (Fsp3) is 0.235. The Morgan fingerprint density at radius 1 is 0.721 bits per heavy atom. The van der Waals surface area contributed by atoms with Crippen LogP contribution in [0.15, 0.2) is 120 Å². The van der Waals surface area contributed by atoms with Gasteiger partial charge in [-0.15, -0.1) is 0 Å². The highest BCUT2D eigenvalue weighted by atomic mass is 32.2. The van der Waals surface area contributed by atoms with Crippen molar-refractivity contribution in [2.45, 2.75) is 48.3 Å². The molecule has 0 amide bonds. The van der Waals surface area contributed by atoms with Crippen molar-refractivity contribution < 1.29 is 37.8 Å². The van der Waals surface area contributed by atoms with E-state index in [9.17, 15) is 14.1 Å². The second kappa shape index (κ2) is 14.3. The van der Waals surface area contributed by atoms with Crippen LogP contribution in [-0.2, 0) is 36.7 Å². The van der Waals surface area contributed by atoms with Crippen LogP contribution in [0.5, 0.6) is 5.75 Å². The van der Waals surface area contributed by atoms with Crippen molar-refractivity contribution in [3.05, 3.63) is 132 Å². The maximum atomic E-state index is 13.9. The standard InChI is InChI=1S/C34H32O8S/c1-23-29(41-32(35)25-12-6-3-7-13-25)30(42-33(36)26-14-8-4-9-15-26)31(39-22-24-18-20-27(38-2)21-19-24)34(40-23)43(37)28-16-10-5-11-17-28/h3-21,23,29-31,34H,22H2,1-2H3/t23-,29-,30-,31-,34+,43?/m0/s1. The third-order valence-electron chi connectivity index (χ3n) is 7.02. The number of hydrogen-bond acceptors (Lipinski definition) is 8. The van der Waals surface area contributed by atoms with Crippen molar-refractivity contribution in [1.29, 1.82) is 0 Å². The van der Waals surface area contributed by atoms with Gasteiger partial charge in [0.2, 0.25) is 0 Å². The van der Waals surface area contributed by atoms with E-state index in [2.05, 4.69) is 0 Å². The molecule has 0 bridgehead atoms. The van der Waals surface area contributed by atoms with Crippen molar-refractivity contribution in [2.24, 2.45) is 0 Å². The topological polar surface area (TPSA) is 103 Å². The van der Waals surface area contributed by atoms with Crippen LogP contribution < -0.4 is 4.74 Å². The normalized spacial score (nSPS) is 22.3. The molecular weight excluding hydrogens is 568 g/mol. The molecule has 1 unspecified atom stereocenters. The molecule has 1 aliphatic rings. The Balaban J connectivity index is 1.51. The van der Waals surface area contributed by atoms with Crippen LogP contribution in [0.1, 0.15) is 33.2 Å². The van der Waals surface area contributed by atoms with Crippen molar-refractivity contribution in [1.82, 2.24) is 0 Å². The van der Waals surface area contributed by atoms with Crippen molar-refractivity contribution in [3.63, 3.8) is 0 Å². The number of ether oxygens (including phenoxy) is 5. The Labute approximate surface area is 253 Å². The van der Waals surface area contributed by atoms with Gasteiger partial charge in [0.1, 0.15) is 11.9 Å². The number of carbonyl (C=O) groups is 2. The van der Waals surface area contributed by atoms with E-state index in [0.717, 1.165) is 5.56 Å². The van der Waals surface area contributed by atoms with E-state index in [1.165, 1.54) is 0 Å². The van der Waals surface area contributed by atoms with Gasteiger partial charge in [-0.3, -0.25) is 0 Å². The predicted molar refractivity (Wildman–Crippen MR) is 160 cm³/mol. The average Bonchev–Trinajstić information content (AvgIpc) is 3.06. The smallest absolute Gasteiger partial charge is 0.338 e. The maximum absolute atomic E-state index is 13.9. The van der Waals surface area contributed by atoms with Crippen LogP contribution >= 0.6 is 0 Å². The van der Waals surface area contributed by atoms with Gasteiger partial charge in [0.05, 0.1) is 24.8 Å². The number of methoxy groups -OCH3 is 1. The minimum absolute atomic E-state index is 0.0770. The zero-order valence-electron chi connectivity index (χ0n) is 23.7. The predicted octanol–water partition coefficient (Wildman–Crippen LogP) is 5.58. The van der Waals surface area contributed by atoms with Crippen LogP contribution in [0.4, 0.5) is 0 Å². The molecule has 0 aromatic heterocycles. The highest BCUT2D eigenvalue weighted by Crippen LogP contribution is 2.35. The molecule has 8 nitrogen and oxygen atoms in total. The average molecular weight is 601 g/mol. The Kier molecular flexibility index (Phi) is 10.1. The molecule has 0 spiro atoms. The Morgan fingerprint density at radius 3 is 1.77 bits per heavy atom. The van der Waals surface area contributed by atoms with Gasteiger partial charge >= 0.3 is 11.9 Å². The Bertz CT molecular complexity index is 1470. The second-order valence-corrected chi connectivity index (χ2v) is 11.4. The first kappa shape index (κ1) is 30.3. The molecule has 1 saturated heterocycles. The fourth-order valence-electron chi connectivity index (χ4n) is 4.75. The summed E-state index contributed by atoms with van der Waals surface area (Å²) in [6.45, 7) is 1.77. The lowest BCUT2D eigenvalue weighted by molar-refractivity contribution is -0.213. The zero-order chi connectivity index (χ0) is 30.2. The summed E-state index contributed by atoms with van der Waals surface area (Å²) < 4.78 is 43.9. The molecule has 0 N–H and O–H groups in total. The van der Waals surface area contributed by atoms with E-state index in [4.69, 9.17) is 23.7 Å². The van der Waals surface area contributed by atoms with Crippen molar-refractivity contribution in [3.8, 4) is 5.75 Å². The molecule has 0 aliphatic carbocycles. The number of hydrogen-bond donors (Lipinski definition) is 0. The quantitative estimate of drug-likeness (QED) is 0.172. The molecule has 1 aliphatic heterocycles. The highest BCUT2D eigenvalue weighted by molar-refractivity contribution is 7.92. The first-order valence-corrected chi connectivity index (χ1v) is 15.0. The lowest BCUT2D eigenvalue weighted by Gasteiger charge is -2.43. The molecular formula is C34H32O8S. The van der Waals surface area contributed by atoms with Crippen LogP contribution in [0, 0.1) is 0 Å². The summed E-state index contributed by atoms with van der Waals surface area (Å²) >= 11 is -1.73. The summed E-state index contributed by atoms with van der Waals surface area (Å²) in [7, 11) is 1.58. The minimum Gasteiger partial charge on any atom is -0.609 e. The molecule has 5 rings (SSSR count). The van der Waals surface area contributed by atoms with Gasteiger partial charge in [-0.05, 0) is 61.0 Å². The first-order chi connectivity index (χ1) is 20.9. The van der Waals surface area contributed by atoms with E-state index in [1.807, 2.05) is 18.2 Å². The van der Waals surface area contributed by atoms with Crippen LogP contribution in [0.2, 0.25) is 0 Å². The first-order valence-electron chi connectivity index (χ1n) is 13.8. The molecule has 222 valence electrons. The molecule has 1 fully saturated rings. The molecule has 43 heavy (non-hydrogen) atoms. The summed E-state index contributed by atoms with van der Waals surface area (Å²) in [4.78, 5) is 27.1. The second-order valence-electron chi connectivity index (χ2n) is 9.92. The molecule has 9 heteroatoms. The van der Waals surface area contributed by atoms with Crippen molar-refractivity contribution >= 4 is 23.1 Å². The minimum atomic E-state index is -1.73. The highest BCUT2D eigenvalue weighted by Gasteiger charge is 2.54. The molecule has 6 atom stereocenters. The van der Waals surface area contributed by atoms with Gasteiger partial charge < -0.3 is 28.2 Å². The van der Waals surface area contributed by atoms with E-state index < -0.39 is 53.0 Å². The lowest BCUT2D eigenvalue weighted by Crippen LogP contribution is -2.62. The maximum Gasteiger partial charge on any atom is 0.338 e. The van der Waals surface area contributed by atoms with E-state index in [0.29, 0.717) is 21.8 Å². The Hall–Kier alpha value is -4.15. The van der Waals surface area contributed by atoms with E-state index >= 15 is 0 Å². The summed E-state index contributed by atoms with van der Waals surface area (Å²) in [6, 6.07) is 33.1. The van der Waals surface area contributed by atoms with Gasteiger partial charge in [-0.1, -0.05) is 66.7 Å². The SMILES string of the molecule is COc1ccc(CO[C@H]2[C@@H](OC(=O)c3ccccc3)[C@@H](OC(=O)c3ccccc3)[C@H](C)O[C@@H]2[S+]([O-])c2ccccc2)cc1. The van der Waals surface area contributed by atoms with Gasteiger partial charge in [0.25, 0.3) is 5.44 Å². The number of benzene rings is 4. The van der Waals surface area contributed by atoms with Crippen LogP contribution in [-0.4, -0.2) is 53.5 Å². The number of esters is 2. The van der Waals surface area contributed by atoms with E-state index in [1.54, 1.807) is 111 Å².